The molecule has 0 aliphatic heterocycles. The van der Waals surface area contributed by atoms with Crippen LogP contribution >= 0.6 is 0 Å². The van der Waals surface area contributed by atoms with Crippen LogP contribution in [0.25, 0.3) is 11.1 Å². The molecule has 0 amide bonds. The third kappa shape index (κ3) is 7.71. The van der Waals surface area contributed by atoms with Crippen molar-refractivity contribution >= 4 is 11.9 Å². The molecule has 3 rings (SSSR count). The van der Waals surface area contributed by atoms with E-state index in [1.165, 1.54) is 48.8 Å². The molecule has 0 atom stereocenters. The molecule has 3 aromatic carbocycles. The van der Waals surface area contributed by atoms with Gasteiger partial charge in [0, 0.05) is 6.21 Å². The molecule has 0 spiro atoms. The van der Waals surface area contributed by atoms with Crippen molar-refractivity contribution in [1.29, 1.82) is 0 Å². The minimum absolute atomic E-state index is 0.794. The number of hydrogen-bond donors (Lipinski definition) is 0. The van der Waals surface area contributed by atoms with Crippen LogP contribution in [0.1, 0.15) is 63.5 Å². The number of rotatable bonds is 12. The van der Waals surface area contributed by atoms with Crippen LogP contribution in [0.4, 0.5) is 5.69 Å². The van der Waals surface area contributed by atoms with Gasteiger partial charge in [-0.25, -0.2) is 0 Å². The zero-order chi connectivity index (χ0) is 21.7. The maximum Gasteiger partial charge on any atom is 0.119 e. The summed E-state index contributed by atoms with van der Waals surface area (Å²) >= 11 is 0. The predicted molar refractivity (Wildman–Crippen MR) is 134 cm³/mol. The van der Waals surface area contributed by atoms with Gasteiger partial charge in [-0.3, -0.25) is 4.99 Å². The third-order valence-corrected chi connectivity index (χ3v) is 5.48. The Morgan fingerprint density at radius 1 is 0.677 bits per heavy atom. The van der Waals surface area contributed by atoms with Gasteiger partial charge in [-0.05, 0) is 65.8 Å². The van der Waals surface area contributed by atoms with E-state index in [1.807, 2.05) is 6.21 Å². The SMILES string of the molecule is CCCCCOc1ccc(-c2ccc(C=Nc3ccc(CCCCC)cc3)cc2)cc1. The quantitative estimate of drug-likeness (QED) is 0.216. The van der Waals surface area contributed by atoms with Crippen molar-refractivity contribution in [1.82, 2.24) is 0 Å². The predicted octanol–water partition coefficient (Wildman–Crippen LogP) is 8.41. The molecule has 0 aliphatic rings. The molecule has 2 nitrogen and oxygen atoms in total. The maximum absolute atomic E-state index is 5.81. The second-order valence-electron chi connectivity index (χ2n) is 8.08. The molecule has 0 N–H and O–H groups in total. The van der Waals surface area contributed by atoms with Gasteiger partial charge in [-0.2, -0.15) is 0 Å². The van der Waals surface area contributed by atoms with E-state index < -0.39 is 0 Å². The number of aryl methyl sites for hydroxylation is 1. The van der Waals surface area contributed by atoms with E-state index in [1.54, 1.807) is 0 Å². The lowest BCUT2D eigenvalue weighted by molar-refractivity contribution is 0.306. The van der Waals surface area contributed by atoms with Gasteiger partial charge in [-0.1, -0.05) is 88.1 Å². The summed E-state index contributed by atoms with van der Waals surface area (Å²) < 4.78 is 5.81. The second kappa shape index (κ2) is 12.7. The van der Waals surface area contributed by atoms with Crippen LogP contribution in [0.5, 0.6) is 5.75 Å². The minimum atomic E-state index is 0.794. The molecule has 0 saturated heterocycles. The monoisotopic (exact) mass is 413 g/mol. The van der Waals surface area contributed by atoms with Crippen molar-refractivity contribution in [3.05, 3.63) is 83.9 Å². The lowest BCUT2D eigenvalue weighted by Crippen LogP contribution is -1.96. The Hall–Kier alpha value is -2.87. The van der Waals surface area contributed by atoms with E-state index in [2.05, 4.69) is 91.6 Å². The van der Waals surface area contributed by atoms with Crippen molar-refractivity contribution in [3.8, 4) is 16.9 Å². The van der Waals surface area contributed by atoms with E-state index in [9.17, 15) is 0 Å². The van der Waals surface area contributed by atoms with Crippen LogP contribution in [0.3, 0.4) is 0 Å². The Morgan fingerprint density at radius 2 is 1.29 bits per heavy atom. The molecule has 0 radical (unpaired) electrons. The molecule has 0 fully saturated rings. The summed E-state index contributed by atoms with van der Waals surface area (Å²) in [6.45, 7) is 5.24. The average Bonchev–Trinajstić information content (AvgIpc) is 2.82. The van der Waals surface area contributed by atoms with E-state index in [0.717, 1.165) is 36.4 Å². The highest BCUT2D eigenvalue weighted by molar-refractivity contribution is 5.83. The molecular formula is C29H35NO. The summed E-state index contributed by atoms with van der Waals surface area (Å²) in [6.07, 6.45) is 10.5. The molecule has 162 valence electrons. The number of hydrogen-bond acceptors (Lipinski definition) is 2. The largest absolute Gasteiger partial charge is 0.494 e. The summed E-state index contributed by atoms with van der Waals surface area (Å²) in [7, 11) is 0. The number of ether oxygens (including phenoxy) is 1. The van der Waals surface area contributed by atoms with E-state index in [-0.39, 0.29) is 0 Å². The highest BCUT2D eigenvalue weighted by atomic mass is 16.5. The lowest BCUT2D eigenvalue weighted by atomic mass is 10.0. The summed E-state index contributed by atoms with van der Waals surface area (Å²) in [4.78, 5) is 4.63. The van der Waals surface area contributed by atoms with Gasteiger partial charge in [-0.15, -0.1) is 0 Å². The van der Waals surface area contributed by atoms with Gasteiger partial charge >= 0.3 is 0 Å². The first-order valence-corrected chi connectivity index (χ1v) is 11.7. The Morgan fingerprint density at radius 3 is 1.94 bits per heavy atom. The maximum atomic E-state index is 5.81. The molecule has 2 heteroatoms. The molecule has 0 aliphatic carbocycles. The van der Waals surface area contributed by atoms with Gasteiger partial charge in [0.05, 0.1) is 12.3 Å². The fourth-order valence-electron chi connectivity index (χ4n) is 3.52. The van der Waals surface area contributed by atoms with Crippen LogP contribution in [0.2, 0.25) is 0 Å². The van der Waals surface area contributed by atoms with Crippen molar-refractivity contribution in [2.24, 2.45) is 4.99 Å². The topological polar surface area (TPSA) is 21.6 Å². The van der Waals surface area contributed by atoms with Gasteiger partial charge < -0.3 is 4.74 Å². The fourth-order valence-corrected chi connectivity index (χ4v) is 3.52. The average molecular weight is 414 g/mol. The Labute approximate surface area is 188 Å². The van der Waals surface area contributed by atoms with E-state index in [0.29, 0.717) is 0 Å². The number of aliphatic imine (C=N–C) groups is 1. The standard InChI is InChI=1S/C29H35NO/c1-3-5-7-9-24-12-18-28(19-13-24)30-23-25-10-14-26(15-11-25)27-16-20-29(21-17-27)31-22-8-6-4-2/h10-21,23H,3-9,22H2,1-2H3. The third-order valence-electron chi connectivity index (χ3n) is 5.48. The van der Waals surface area contributed by atoms with Crippen molar-refractivity contribution in [3.63, 3.8) is 0 Å². The van der Waals surface area contributed by atoms with Crippen molar-refractivity contribution in [2.75, 3.05) is 6.61 Å². The molecule has 0 aromatic heterocycles. The van der Waals surface area contributed by atoms with Crippen LogP contribution in [0, 0.1) is 0 Å². The zero-order valence-corrected chi connectivity index (χ0v) is 19.0. The van der Waals surface area contributed by atoms with E-state index >= 15 is 0 Å². The first kappa shape index (κ1) is 22.8. The molecule has 0 bridgehead atoms. The molecular weight excluding hydrogens is 378 g/mol. The Balaban J connectivity index is 1.53. The highest BCUT2D eigenvalue weighted by Gasteiger charge is 2.00. The molecule has 0 saturated carbocycles. The highest BCUT2D eigenvalue weighted by Crippen LogP contribution is 2.23. The van der Waals surface area contributed by atoms with Crippen LogP contribution in [0.15, 0.2) is 77.8 Å². The molecule has 0 heterocycles. The second-order valence-corrected chi connectivity index (χ2v) is 8.08. The number of unbranched alkanes of at least 4 members (excludes halogenated alkanes) is 4. The Kier molecular flexibility index (Phi) is 9.37. The lowest BCUT2D eigenvalue weighted by Gasteiger charge is -2.07. The smallest absolute Gasteiger partial charge is 0.119 e. The fraction of sp³-hybridized carbons (Fsp3) is 0.345. The number of nitrogens with zero attached hydrogens (tertiary/aromatic N) is 1. The van der Waals surface area contributed by atoms with E-state index in [4.69, 9.17) is 4.74 Å². The van der Waals surface area contributed by atoms with Gasteiger partial charge in [0.25, 0.3) is 0 Å². The molecule has 31 heavy (non-hydrogen) atoms. The van der Waals surface area contributed by atoms with Crippen LogP contribution in [-0.4, -0.2) is 12.8 Å². The first-order valence-electron chi connectivity index (χ1n) is 11.7. The number of benzene rings is 3. The summed E-state index contributed by atoms with van der Waals surface area (Å²) in [5, 5.41) is 0. The van der Waals surface area contributed by atoms with Crippen LogP contribution < -0.4 is 4.74 Å². The van der Waals surface area contributed by atoms with Gasteiger partial charge in [0.15, 0.2) is 0 Å². The van der Waals surface area contributed by atoms with Gasteiger partial charge in [0.1, 0.15) is 5.75 Å². The zero-order valence-electron chi connectivity index (χ0n) is 19.0. The first-order chi connectivity index (χ1) is 15.3. The normalized spacial score (nSPS) is 11.2. The van der Waals surface area contributed by atoms with Gasteiger partial charge in [0.2, 0.25) is 0 Å². The minimum Gasteiger partial charge on any atom is -0.494 e. The molecule has 0 unspecified atom stereocenters. The summed E-state index contributed by atoms with van der Waals surface area (Å²) in [6, 6.07) is 25.5. The summed E-state index contributed by atoms with van der Waals surface area (Å²) in [5.74, 6) is 0.944. The van der Waals surface area contributed by atoms with Crippen molar-refractivity contribution in [2.45, 2.75) is 58.8 Å². The van der Waals surface area contributed by atoms with Crippen molar-refractivity contribution < 1.29 is 4.74 Å². The Bertz CT molecular complexity index is 908. The summed E-state index contributed by atoms with van der Waals surface area (Å²) in [5.41, 5.74) is 5.90. The molecule has 3 aromatic rings. The van der Waals surface area contributed by atoms with Crippen LogP contribution in [-0.2, 0) is 6.42 Å².